The second-order valence-electron chi connectivity index (χ2n) is 5.19. The molecule has 0 aromatic rings. The summed E-state index contributed by atoms with van der Waals surface area (Å²) in [6.07, 6.45) is 7.75. The average molecular weight is 255 g/mol. The molecule has 1 saturated carbocycles. The average Bonchev–Trinajstić information content (AvgIpc) is 2.38. The highest BCUT2D eigenvalue weighted by atomic mass is 16.4. The van der Waals surface area contributed by atoms with Crippen LogP contribution in [0.5, 0.6) is 0 Å². The van der Waals surface area contributed by atoms with Crippen LogP contribution in [0.25, 0.3) is 0 Å². The van der Waals surface area contributed by atoms with Crippen LogP contribution in [-0.2, 0) is 9.59 Å². The summed E-state index contributed by atoms with van der Waals surface area (Å²) in [6.45, 7) is 2.83. The van der Waals surface area contributed by atoms with E-state index in [0.717, 1.165) is 32.1 Å². The lowest BCUT2D eigenvalue weighted by Gasteiger charge is -2.27. The molecule has 1 aliphatic rings. The van der Waals surface area contributed by atoms with Gasteiger partial charge in [0.25, 0.3) is 0 Å². The van der Waals surface area contributed by atoms with Gasteiger partial charge in [-0.3, -0.25) is 9.59 Å². The van der Waals surface area contributed by atoms with Gasteiger partial charge in [-0.1, -0.05) is 39.0 Å². The number of aliphatic carboxylic acids is 1. The third-order valence-corrected chi connectivity index (χ3v) is 3.75. The van der Waals surface area contributed by atoms with E-state index in [0.29, 0.717) is 13.0 Å². The molecule has 4 heteroatoms. The van der Waals surface area contributed by atoms with Crippen molar-refractivity contribution in [3.05, 3.63) is 0 Å². The van der Waals surface area contributed by atoms with E-state index in [1.165, 1.54) is 12.8 Å². The van der Waals surface area contributed by atoms with E-state index >= 15 is 0 Å². The maximum atomic E-state index is 12.0. The number of carbonyl (C=O) groups excluding carboxylic acids is 1. The van der Waals surface area contributed by atoms with Gasteiger partial charge in [-0.2, -0.15) is 0 Å². The molecule has 4 nitrogen and oxygen atoms in total. The Balaban J connectivity index is 2.32. The van der Waals surface area contributed by atoms with Crippen molar-refractivity contribution in [3.8, 4) is 0 Å². The van der Waals surface area contributed by atoms with E-state index in [2.05, 4.69) is 12.2 Å². The number of carboxylic acids is 1. The lowest BCUT2D eigenvalue weighted by molar-refractivity contribution is -0.148. The second-order valence-corrected chi connectivity index (χ2v) is 5.19. The van der Waals surface area contributed by atoms with Crippen LogP contribution >= 0.6 is 0 Å². The van der Waals surface area contributed by atoms with E-state index in [1.807, 2.05) is 0 Å². The van der Waals surface area contributed by atoms with E-state index in [4.69, 9.17) is 5.11 Å². The summed E-state index contributed by atoms with van der Waals surface area (Å²) >= 11 is 0. The van der Waals surface area contributed by atoms with Crippen molar-refractivity contribution >= 4 is 11.9 Å². The highest BCUT2D eigenvalue weighted by Gasteiger charge is 2.35. The number of hydrogen-bond acceptors (Lipinski definition) is 2. The van der Waals surface area contributed by atoms with Gasteiger partial charge >= 0.3 is 5.97 Å². The molecule has 0 radical (unpaired) electrons. The van der Waals surface area contributed by atoms with Crippen molar-refractivity contribution in [1.29, 1.82) is 0 Å². The molecular formula is C14H25NO3. The Hall–Kier alpha value is -1.06. The summed E-state index contributed by atoms with van der Waals surface area (Å²) in [5.41, 5.74) is 0. The van der Waals surface area contributed by atoms with E-state index in [1.54, 1.807) is 0 Å². The van der Waals surface area contributed by atoms with E-state index < -0.39 is 11.9 Å². The fourth-order valence-electron chi connectivity index (χ4n) is 2.63. The van der Waals surface area contributed by atoms with Crippen LogP contribution in [0.3, 0.4) is 0 Å². The lowest BCUT2D eigenvalue weighted by Crippen LogP contribution is -2.40. The smallest absolute Gasteiger partial charge is 0.307 e. The number of amides is 1. The summed E-state index contributed by atoms with van der Waals surface area (Å²) in [5, 5.41) is 12.0. The van der Waals surface area contributed by atoms with Gasteiger partial charge in [0.15, 0.2) is 0 Å². The van der Waals surface area contributed by atoms with Gasteiger partial charge in [-0.05, 0) is 19.3 Å². The zero-order valence-electron chi connectivity index (χ0n) is 11.3. The first-order chi connectivity index (χ1) is 8.66. The van der Waals surface area contributed by atoms with E-state index in [9.17, 15) is 9.59 Å². The molecule has 0 spiro atoms. The molecule has 1 aliphatic carbocycles. The summed E-state index contributed by atoms with van der Waals surface area (Å²) in [4.78, 5) is 23.1. The Morgan fingerprint density at radius 3 is 2.39 bits per heavy atom. The molecule has 2 unspecified atom stereocenters. The molecule has 2 atom stereocenters. The van der Waals surface area contributed by atoms with Gasteiger partial charge in [0, 0.05) is 6.54 Å². The molecule has 0 aliphatic heterocycles. The predicted octanol–water partition coefficient (Wildman–Crippen LogP) is 2.57. The molecular weight excluding hydrogens is 230 g/mol. The normalized spacial score (nSPS) is 23.6. The molecule has 2 N–H and O–H groups in total. The quantitative estimate of drug-likeness (QED) is 0.687. The monoisotopic (exact) mass is 255 g/mol. The highest BCUT2D eigenvalue weighted by molar-refractivity contribution is 5.84. The van der Waals surface area contributed by atoms with Crippen molar-refractivity contribution < 1.29 is 14.7 Å². The molecule has 1 fully saturated rings. The highest BCUT2D eigenvalue weighted by Crippen LogP contribution is 2.30. The Bertz CT molecular complexity index is 278. The fraction of sp³-hybridized carbons (Fsp3) is 0.857. The number of carbonyl (C=O) groups is 2. The molecule has 0 bridgehead atoms. The van der Waals surface area contributed by atoms with Crippen LogP contribution in [-0.4, -0.2) is 23.5 Å². The minimum atomic E-state index is -0.819. The van der Waals surface area contributed by atoms with Gasteiger partial charge in [0.1, 0.15) is 0 Å². The second kappa shape index (κ2) is 8.11. The summed E-state index contributed by atoms with van der Waals surface area (Å²) in [6, 6.07) is 0. The fourth-order valence-corrected chi connectivity index (χ4v) is 2.63. The van der Waals surface area contributed by atoms with Gasteiger partial charge < -0.3 is 10.4 Å². The van der Waals surface area contributed by atoms with Crippen LogP contribution in [0.15, 0.2) is 0 Å². The molecule has 0 aromatic carbocycles. The third kappa shape index (κ3) is 4.67. The van der Waals surface area contributed by atoms with Crippen LogP contribution in [0.2, 0.25) is 0 Å². The molecule has 104 valence electrons. The number of unbranched alkanes of at least 4 members (excludes halogenated alkanes) is 3. The summed E-state index contributed by atoms with van der Waals surface area (Å²) in [7, 11) is 0. The first-order valence-electron chi connectivity index (χ1n) is 7.17. The first kappa shape index (κ1) is 15.0. The van der Waals surface area contributed by atoms with Crippen LogP contribution in [0.4, 0.5) is 0 Å². The molecule has 0 aromatic heterocycles. The maximum absolute atomic E-state index is 12.0. The zero-order valence-corrected chi connectivity index (χ0v) is 11.3. The van der Waals surface area contributed by atoms with Crippen LogP contribution in [0.1, 0.15) is 58.3 Å². The van der Waals surface area contributed by atoms with Crippen molar-refractivity contribution in [2.24, 2.45) is 11.8 Å². The molecule has 1 amide bonds. The molecule has 18 heavy (non-hydrogen) atoms. The van der Waals surface area contributed by atoms with Gasteiger partial charge in [-0.15, -0.1) is 0 Å². The van der Waals surface area contributed by atoms with Gasteiger partial charge in [0.2, 0.25) is 5.91 Å². The SMILES string of the molecule is CCCCCCNC(=O)C1CCCCC1C(=O)O. The third-order valence-electron chi connectivity index (χ3n) is 3.75. The Kier molecular flexibility index (Phi) is 6.76. The lowest BCUT2D eigenvalue weighted by atomic mass is 9.78. The maximum Gasteiger partial charge on any atom is 0.307 e. The minimum Gasteiger partial charge on any atom is -0.481 e. The largest absolute Gasteiger partial charge is 0.481 e. The van der Waals surface area contributed by atoms with Crippen molar-refractivity contribution in [3.63, 3.8) is 0 Å². The summed E-state index contributed by atoms with van der Waals surface area (Å²) < 4.78 is 0. The Morgan fingerprint density at radius 1 is 1.11 bits per heavy atom. The van der Waals surface area contributed by atoms with Crippen LogP contribution in [0, 0.1) is 11.8 Å². The van der Waals surface area contributed by atoms with Crippen LogP contribution < -0.4 is 5.32 Å². The Morgan fingerprint density at radius 2 is 1.78 bits per heavy atom. The van der Waals surface area contributed by atoms with Gasteiger partial charge in [-0.25, -0.2) is 0 Å². The molecule has 1 rings (SSSR count). The van der Waals surface area contributed by atoms with Crippen molar-refractivity contribution in [1.82, 2.24) is 5.32 Å². The summed E-state index contributed by atoms with van der Waals surface area (Å²) in [5.74, 6) is -1.67. The van der Waals surface area contributed by atoms with E-state index in [-0.39, 0.29) is 11.8 Å². The first-order valence-corrected chi connectivity index (χ1v) is 7.17. The Labute approximate surface area is 109 Å². The van der Waals surface area contributed by atoms with Crippen molar-refractivity contribution in [2.75, 3.05) is 6.54 Å². The number of carboxylic acid groups (broad SMARTS) is 1. The standard InChI is InChI=1S/C14H25NO3/c1-2-3-4-7-10-15-13(16)11-8-5-6-9-12(11)14(17)18/h11-12H,2-10H2,1H3,(H,15,16)(H,17,18). The topological polar surface area (TPSA) is 66.4 Å². The number of hydrogen-bond donors (Lipinski definition) is 2. The van der Waals surface area contributed by atoms with Gasteiger partial charge in [0.05, 0.1) is 11.8 Å². The predicted molar refractivity (Wildman–Crippen MR) is 70.2 cm³/mol. The zero-order chi connectivity index (χ0) is 13.4. The minimum absolute atomic E-state index is 0.0569. The van der Waals surface area contributed by atoms with Crippen molar-refractivity contribution in [2.45, 2.75) is 58.3 Å². The number of rotatable bonds is 7. The molecule has 0 saturated heterocycles. The molecule has 0 heterocycles. The number of nitrogens with one attached hydrogen (secondary N) is 1.